The summed E-state index contributed by atoms with van der Waals surface area (Å²) in [6.45, 7) is 2.80. The highest BCUT2D eigenvalue weighted by Crippen LogP contribution is 2.16. The molecule has 2 heterocycles. The zero-order valence-corrected chi connectivity index (χ0v) is 12.6. The van der Waals surface area contributed by atoms with Gasteiger partial charge < -0.3 is 10.1 Å². The number of esters is 1. The van der Waals surface area contributed by atoms with Crippen molar-refractivity contribution in [3.8, 4) is 5.95 Å². The molecule has 0 aliphatic heterocycles. The van der Waals surface area contributed by atoms with Crippen molar-refractivity contribution in [3.63, 3.8) is 0 Å². The predicted octanol–water partition coefficient (Wildman–Crippen LogP) is 1.14. The molecule has 0 unspecified atom stereocenters. The Bertz CT molecular complexity index is 589. The summed E-state index contributed by atoms with van der Waals surface area (Å²) in [6.07, 6.45) is 4.34. The maximum absolute atomic E-state index is 11.2. The molecule has 2 rings (SSSR count). The standard InChI is InChI=1S/C12H16N6O2S/c1-3-5-13-10-15-11(18-7-4-6-14-18)17-12(16-10)21-8-9(19)20-2/h4,6-7H,3,5,8H2,1-2H3,(H,13,15,16,17). The first-order valence-corrected chi connectivity index (χ1v) is 7.41. The zero-order valence-electron chi connectivity index (χ0n) is 11.8. The van der Waals surface area contributed by atoms with Crippen LogP contribution in [0.15, 0.2) is 23.6 Å². The molecule has 0 aliphatic carbocycles. The maximum atomic E-state index is 11.2. The van der Waals surface area contributed by atoms with Gasteiger partial charge in [-0.3, -0.25) is 4.79 Å². The SMILES string of the molecule is CCCNc1nc(SCC(=O)OC)nc(-n2cccn2)n1. The number of carbonyl (C=O) groups excluding carboxylic acids is 1. The van der Waals surface area contributed by atoms with E-state index in [1.54, 1.807) is 23.1 Å². The Labute approximate surface area is 126 Å². The van der Waals surface area contributed by atoms with Crippen LogP contribution >= 0.6 is 11.8 Å². The van der Waals surface area contributed by atoms with Crippen molar-refractivity contribution >= 4 is 23.7 Å². The van der Waals surface area contributed by atoms with Crippen LogP contribution in [0.5, 0.6) is 0 Å². The number of rotatable bonds is 7. The molecule has 0 amide bonds. The molecule has 0 saturated heterocycles. The van der Waals surface area contributed by atoms with Crippen LogP contribution in [0.3, 0.4) is 0 Å². The van der Waals surface area contributed by atoms with Gasteiger partial charge in [0, 0.05) is 18.9 Å². The predicted molar refractivity (Wildman–Crippen MR) is 78.5 cm³/mol. The lowest BCUT2D eigenvalue weighted by atomic mass is 10.5. The smallest absolute Gasteiger partial charge is 0.316 e. The Hall–Kier alpha value is -2.16. The van der Waals surface area contributed by atoms with Crippen LogP contribution in [-0.4, -0.2) is 50.1 Å². The Morgan fingerprint density at radius 2 is 2.29 bits per heavy atom. The normalized spacial score (nSPS) is 10.4. The van der Waals surface area contributed by atoms with Crippen molar-refractivity contribution in [1.82, 2.24) is 24.7 Å². The summed E-state index contributed by atoms with van der Waals surface area (Å²) >= 11 is 1.19. The van der Waals surface area contributed by atoms with E-state index in [4.69, 9.17) is 0 Å². The van der Waals surface area contributed by atoms with Crippen molar-refractivity contribution in [1.29, 1.82) is 0 Å². The van der Waals surface area contributed by atoms with E-state index in [0.717, 1.165) is 13.0 Å². The van der Waals surface area contributed by atoms with Crippen LogP contribution in [0.25, 0.3) is 5.95 Å². The first kappa shape index (κ1) is 15.2. The molecule has 0 bridgehead atoms. The number of carbonyl (C=O) groups is 1. The molecule has 9 heteroatoms. The number of hydrogen-bond donors (Lipinski definition) is 1. The molecule has 0 aliphatic rings. The van der Waals surface area contributed by atoms with E-state index in [1.807, 2.05) is 0 Å². The molecule has 2 aromatic rings. The van der Waals surface area contributed by atoms with Gasteiger partial charge in [0.2, 0.25) is 5.95 Å². The van der Waals surface area contributed by atoms with Crippen molar-refractivity contribution in [2.24, 2.45) is 0 Å². The van der Waals surface area contributed by atoms with Crippen LogP contribution in [0.1, 0.15) is 13.3 Å². The third-order valence-corrected chi connectivity index (χ3v) is 3.21. The first-order chi connectivity index (χ1) is 10.2. The molecule has 2 aromatic heterocycles. The van der Waals surface area contributed by atoms with Gasteiger partial charge >= 0.3 is 5.97 Å². The minimum Gasteiger partial charge on any atom is -0.468 e. The van der Waals surface area contributed by atoms with E-state index in [9.17, 15) is 4.79 Å². The number of thioether (sulfide) groups is 1. The number of nitrogens with one attached hydrogen (secondary N) is 1. The number of ether oxygens (including phenoxy) is 1. The molecule has 0 saturated carbocycles. The summed E-state index contributed by atoms with van der Waals surface area (Å²) in [5.41, 5.74) is 0. The van der Waals surface area contributed by atoms with E-state index in [-0.39, 0.29) is 11.7 Å². The highest BCUT2D eigenvalue weighted by molar-refractivity contribution is 7.99. The van der Waals surface area contributed by atoms with E-state index in [2.05, 4.69) is 37.0 Å². The number of methoxy groups -OCH3 is 1. The second-order valence-electron chi connectivity index (χ2n) is 3.98. The summed E-state index contributed by atoms with van der Waals surface area (Å²) in [5.74, 6) is 0.682. The minimum atomic E-state index is -0.330. The molecule has 0 aromatic carbocycles. The summed E-state index contributed by atoms with van der Waals surface area (Å²) < 4.78 is 6.15. The van der Waals surface area contributed by atoms with Gasteiger partial charge in [-0.1, -0.05) is 18.7 Å². The molecular formula is C12H16N6O2S. The Kier molecular flexibility index (Phi) is 5.50. The second kappa shape index (κ2) is 7.58. The summed E-state index contributed by atoms with van der Waals surface area (Å²) in [4.78, 5) is 24.1. The lowest BCUT2D eigenvalue weighted by molar-refractivity contribution is -0.137. The van der Waals surface area contributed by atoms with Gasteiger partial charge in [0.15, 0.2) is 5.16 Å². The molecule has 21 heavy (non-hydrogen) atoms. The van der Waals surface area contributed by atoms with E-state index >= 15 is 0 Å². The number of hydrogen-bond acceptors (Lipinski definition) is 8. The molecule has 0 spiro atoms. The third kappa shape index (κ3) is 4.42. The molecular weight excluding hydrogens is 292 g/mol. The fraction of sp³-hybridized carbons (Fsp3) is 0.417. The van der Waals surface area contributed by atoms with Gasteiger partial charge in [-0.05, 0) is 12.5 Å². The number of nitrogens with zero attached hydrogens (tertiary/aromatic N) is 5. The van der Waals surface area contributed by atoms with Gasteiger partial charge in [-0.15, -0.1) is 0 Å². The van der Waals surface area contributed by atoms with Crippen LogP contribution < -0.4 is 5.32 Å². The van der Waals surface area contributed by atoms with Crippen molar-refractivity contribution < 1.29 is 9.53 Å². The van der Waals surface area contributed by atoms with Crippen LogP contribution in [0.4, 0.5) is 5.95 Å². The molecule has 112 valence electrons. The molecule has 0 fully saturated rings. The summed E-state index contributed by atoms with van der Waals surface area (Å²) in [7, 11) is 1.35. The first-order valence-electron chi connectivity index (χ1n) is 6.42. The van der Waals surface area contributed by atoms with Crippen LogP contribution in [0.2, 0.25) is 0 Å². The highest BCUT2D eigenvalue weighted by Gasteiger charge is 2.11. The van der Waals surface area contributed by atoms with E-state index in [0.29, 0.717) is 17.1 Å². The largest absolute Gasteiger partial charge is 0.468 e. The topological polar surface area (TPSA) is 94.8 Å². The lowest BCUT2D eigenvalue weighted by Gasteiger charge is -2.07. The summed E-state index contributed by atoms with van der Waals surface area (Å²) in [6, 6.07) is 1.78. The Morgan fingerprint density at radius 3 is 2.95 bits per heavy atom. The van der Waals surface area contributed by atoms with Crippen LogP contribution in [0, 0.1) is 0 Å². The fourth-order valence-corrected chi connectivity index (χ4v) is 2.06. The van der Waals surface area contributed by atoms with Gasteiger partial charge in [-0.25, -0.2) is 4.68 Å². The van der Waals surface area contributed by atoms with Gasteiger partial charge in [0.1, 0.15) is 0 Å². The molecule has 8 nitrogen and oxygen atoms in total. The summed E-state index contributed by atoms with van der Waals surface area (Å²) in [5, 5.41) is 7.65. The Balaban J connectivity index is 2.22. The average Bonchev–Trinajstić information content (AvgIpc) is 3.04. The molecule has 1 N–H and O–H groups in total. The number of aromatic nitrogens is 5. The fourth-order valence-electron chi connectivity index (χ4n) is 1.40. The van der Waals surface area contributed by atoms with Crippen molar-refractivity contribution in [2.75, 3.05) is 24.7 Å². The van der Waals surface area contributed by atoms with E-state index < -0.39 is 0 Å². The van der Waals surface area contributed by atoms with E-state index in [1.165, 1.54) is 18.9 Å². The maximum Gasteiger partial charge on any atom is 0.316 e. The lowest BCUT2D eigenvalue weighted by Crippen LogP contribution is -2.11. The third-order valence-electron chi connectivity index (χ3n) is 2.39. The quantitative estimate of drug-likeness (QED) is 0.601. The highest BCUT2D eigenvalue weighted by atomic mass is 32.2. The van der Waals surface area contributed by atoms with Gasteiger partial charge in [0.25, 0.3) is 5.95 Å². The van der Waals surface area contributed by atoms with Gasteiger partial charge in [-0.2, -0.15) is 20.1 Å². The minimum absolute atomic E-state index is 0.145. The second-order valence-corrected chi connectivity index (χ2v) is 4.93. The zero-order chi connectivity index (χ0) is 15.1. The Morgan fingerprint density at radius 1 is 1.43 bits per heavy atom. The van der Waals surface area contributed by atoms with Gasteiger partial charge in [0.05, 0.1) is 12.9 Å². The number of anilines is 1. The van der Waals surface area contributed by atoms with Crippen molar-refractivity contribution in [3.05, 3.63) is 18.5 Å². The monoisotopic (exact) mass is 308 g/mol. The van der Waals surface area contributed by atoms with Crippen LogP contribution in [-0.2, 0) is 9.53 Å². The molecule has 0 atom stereocenters. The van der Waals surface area contributed by atoms with Crippen molar-refractivity contribution in [2.45, 2.75) is 18.5 Å². The molecule has 0 radical (unpaired) electrons. The average molecular weight is 308 g/mol.